The van der Waals surface area contributed by atoms with Crippen LogP contribution < -0.4 is 0 Å². The van der Waals surface area contributed by atoms with Crippen molar-refractivity contribution in [3.8, 4) is 11.8 Å². The van der Waals surface area contributed by atoms with Crippen LogP contribution in [0.2, 0.25) is 0 Å². The van der Waals surface area contributed by atoms with Crippen molar-refractivity contribution in [1.82, 2.24) is 0 Å². The van der Waals surface area contributed by atoms with E-state index >= 15 is 0 Å². The quantitative estimate of drug-likeness (QED) is 0.555. The Balaban J connectivity index is 1.55. The maximum absolute atomic E-state index is 13.0. The topological polar surface area (TPSA) is 0 Å². The average molecular weight is 332 g/mol. The molecule has 128 valence electrons. The van der Waals surface area contributed by atoms with Crippen LogP contribution in [-0.2, 0) is 6.42 Å². The van der Waals surface area contributed by atoms with Gasteiger partial charge in [0.05, 0.1) is 0 Å². The van der Waals surface area contributed by atoms with E-state index in [4.69, 9.17) is 0 Å². The molecule has 2 aromatic carbocycles. The van der Waals surface area contributed by atoms with Crippen LogP contribution in [0, 0.1) is 29.5 Å². The lowest BCUT2D eigenvalue weighted by Gasteiger charge is -2.40. The van der Waals surface area contributed by atoms with Gasteiger partial charge in [0, 0.05) is 11.1 Å². The molecule has 0 aliphatic heterocycles. The summed E-state index contributed by atoms with van der Waals surface area (Å²) in [7, 11) is 0. The molecule has 0 radical (unpaired) electrons. The SMILES string of the molecule is CC[C@@H]1CC[C@@H]2c3ccc(C#Cc4ccc(F)cc4)cc3CC[C@@H]2C1. The Bertz CT molecular complexity index is 806. The zero-order valence-electron chi connectivity index (χ0n) is 14.9. The first-order valence-corrected chi connectivity index (χ1v) is 9.63. The summed E-state index contributed by atoms with van der Waals surface area (Å²) in [5.41, 5.74) is 5.01. The molecule has 0 heterocycles. The lowest BCUT2D eigenvalue weighted by molar-refractivity contribution is 0.206. The van der Waals surface area contributed by atoms with Crippen molar-refractivity contribution in [2.45, 2.75) is 51.4 Å². The molecule has 0 spiro atoms. The molecule has 25 heavy (non-hydrogen) atoms. The standard InChI is InChI=1S/C24H25F/c1-2-17-7-13-23-20(15-17)9-10-21-16-19(8-14-24(21)23)4-3-18-5-11-22(25)12-6-18/h5-6,8,11-12,14,16-17,20,23H,2,7,9-10,13,15H2,1H3/t17-,20-,23+/m1/s1. The number of halogens is 1. The molecule has 1 heteroatoms. The Kier molecular flexibility index (Phi) is 4.62. The lowest BCUT2D eigenvalue weighted by atomic mass is 9.65. The van der Waals surface area contributed by atoms with Crippen molar-refractivity contribution in [3.63, 3.8) is 0 Å². The second kappa shape index (κ2) is 7.04. The number of rotatable bonds is 1. The Hall–Kier alpha value is -2.07. The summed E-state index contributed by atoms with van der Waals surface area (Å²) < 4.78 is 13.0. The predicted molar refractivity (Wildman–Crippen MR) is 101 cm³/mol. The molecule has 2 aromatic rings. The largest absolute Gasteiger partial charge is 0.207 e. The van der Waals surface area contributed by atoms with E-state index in [-0.39, 0.29) is 5.82 Å². The Labute approximate surface area is 150 Å². The average Bonchev–Trinajstić information content (AvgIpc) is 2.66. The van der Waals surface area contributed by atoms with Crippen LogP contribution >= 0.6 is 0 Å². The minimum atomic E-state index is -0.216. The van der Waals surface area contributed by atoms with Gasteiger partial charge in [0.1, 0.15) is 5.82 Å². The Morgan fingerprint density at radius 3 is 2.52 bits per heavy atom. The minimum absolute atomic E-state index is 0.216. The van der Waals surface area contributed by atoms with E-state index in [0.717, 1.165) is 28.9 Å². The van der Waals surface area contributed by atoms with Crippen molar-refractivity contribution in [2.24, 2.45) is 11.8 Å². The minimum Gasteiger partial charge on any atom is -0.207 e. The summed E-state index contributed by atoms with van der Waals surface area (Å²) in [6, 6.07) is 13.2. The molecular weight excluding hydrogens is 307 g/mol. The molecule has 1 saturated carbocycles. The Morgan fingerprint density at radius 1 is 0.960 bits per heavy atom. The summed E-state index contributed by atoms with van der Waals surface area (Å²) in [5, 5.41) is 0. The van der Waals surface area contributed by atoms with Gasteiger partial charge in [-0.1, -0.05) is 31.3 Å². The summed E-state index contributed by atoms with van der Waals surface area (Å²) in [6.45, 7) is 2.34. The fourth-order valence-corrected chi connectivity index (χ4v) is 4.74. The molecule has 3 atom stereocenters. The number of hydrogen-bond donors (Lipinski definition) is 0. The first-order chi connectivity index (χ1) is 12.2. The molecule has 0 bridgehead atoms. The van der Waals surface area contributed by atoms with E-state index in [1.807, 2.05) is 0 Å². The van der Waals surface area contributed by atoms with Crippen LogP contribution in [0.15, 0.2) is 42.5 Å². The molecule has 0 amide bonds. The summed E-state index contributed by atoms with van der Waals surface area (Å²) >= 11 is 0. The molecule has 0 N–H and O–H groups in total. The maximum atomic E-state index is 13.0. The van der Waals surface area contributed by atoms with Gasteiger partial charge in [0.2, 0.25) is 0 Å². The van der Waals surface area contributed by atoms with Gasteiger partial charge < -0.3 is 0 Å². The van der Waals surface area contributed by atoms with Gasteiger partial charge in [-0.15, -0.1) is 0 Å². The van der Waals surface area contributed by atoms with Crippen molar-refractivity contribution < 1.29 is 4.39 Å². The van der Waals surface area contributed by atoms with Crippen molar-refractivity contribution in [1.29, 1.82) is 0 Å². The second-order valence-corrected chi connectivity index (χ2v) is 7.66. The van der Waals surface area contributed by atoms with Gasteiger partial charge in [-0.2, -0.15) is 0 Å². The van der Waals surface area contributed by atoms with E-state index in [2.05, 4.69) is 37.0 Å². The number of benzene rings is 2. The van der Waals surface area contributed by atoms with Crippen LogP contribution in [-0.4, -0.2) is 0 Å². The zero-order valence-corrected chi connectivity index (χ0v) is 14.9. The van der Waals surface area contributed by atoms with E-state index in [1.165, 1.54) is 56.2 Å². The van der Waals surface area contributed by atoms with E-state index in [1.54, 1.807) is 17.7 Å². The monoisotopic (exact) mass is 332 g/mol. The van der Waals surface area contributed by atoms with Gasteiger partial charge in [0.25, 0.3) is 0 Å². The predicted octanol–water partition coefficient (Wildman–Crippen LogP) is 6.08. The normalized spacial score (nSPS) is 24.6. The third-order valence-electron chi connectivity index (χ3n) is 6.19. The zero-order chi connectivity index (χ0) is 17.2. The van der Waals surface area contributed by atoms with Crippen molar-refractivity contribution >= 4 is 0 Å². The highest BCUT2D eigenvalue weighted by Gasteiger charge is 2.34. The van der Waals surface area contributed by atoms with Crippen molar-refractivity contribution in [2.75, 3.05) is 0 Å². The summed E-state index contributed by atoms with van der Waals surface area (Å²) in [5.74, 6) is 8.79. The first-order valence-electron chi connectivity index (χ1n) is 9.63. The highest BCUT2D eigenvalue weighted by atomic mass is 19.1. The van der Waals surface area contributed by atoms with Crippen LogP contribution in [0.4, 0.5) is 4.39 Å². The molecule has 2 aliphatic carbocycles. The third kappa shape index (κ3) is 3.49. The molecular formula is C24H25F. The van der Waals surface area contributed by atoms with E-state index < -0.39 is 0 Å². The molecule has 4 rings (SSSR count). The van der Waals surface area contributed by atoms with Gasteiger partial charge in [-0.25, -0.2) is 4.39 Å². The molecule has 0 saturated heterocycles. The fraction of sp³-hybridized carbons (Fsp3) is 0.417. The van der Waals surface area contributed by atoms with Crippen LogP contribution in [0.3, 0.4) is 0 Å². The molecule has 0 aromatic heterocycles. The molecule has 2 aliphatic rings. The maximum Gasteiger partial charge on any atom is 0.123 e. The highest BCUT2D eigenvalue weighted by Crippen LogP contribution is 2.47. The molecule has 1 fully saturated rings. The van der Waals surface area contributed by atoms with Gasteiger partial charge in [-0.3, -0.25) is 0 Å². The van der Waals surface area contributed by atoms with Gasteiger partial charge in [0.15, 0.2) is 0 Å². The van der Waals surface area contributed by atoms with Gasteiger partial charge in [-0.05, 0) is 97.4 Å². The molecule has 0 nitrogen and oxygen atoms in total. The van der Waals surface area contributed by atoms with E-state index in [0.29, 0.717) is 0 Å². The summed E-state index contributed by atoms with van der Waals surface area (Å²) in [6.07, 6.45) is 8.04. The van der Waals surface area contributed by atoms with Crippen LogP contribution in [0.1, 0.15) is 67.2 Å². The second-order valence-electron chi connectivity index (χ2n) is 7.66. The Morgan fingerprint density at radius 2 is 1.72 bits per heavy atom. The summed E-state index contributed by atoms with van der Waals surface area (Å²) in [4.78, 5) is 0. The lowest BCUT2D eigenvalue weighted by Crippen LogP contribution is -2.27. The van der Waals surface area contributed by atoms with Crippen molar-refractivity contribution in [3.05, 3.63) is 70.5 Å². The van der Waals surface area contributed by atoms with E-state index in [9.17, 15) is 4.39 Å². The van der Waals surface area contributed by atoms with Crippen LogP contribution in [0.25, 0.3) is 0 Å². The third-order valence-corrected chi connectivity index (χ3v) is 6.19. The highest BCUT2D eigenvalue weighted by molar-refractivity contribution is 5.47. The number of aryl methyl sites for hydroxylation is 1. The van der Waals surface area contributed by atoms with Gasteiger partial charge >= 0.3 is 0 Å². The number of hydrogen-bond acceptors (Lipinski definition) is 0. The smallest absolute Gasteiger partial charge is 0.123 e. The fourth-order valence-electron chi connectivity index (χ4n) is 4.74. The van der Waals surface area contributed by atoms with Crippen LogP contribution in [0.5, 0.6) is 0 Å². The molecule has 0 unspecified atom stereocenters. The first kappa shape index (κ1) is 16.4. The number of fused-ring (bicyclic) bond motifs is 3.